The molecule has 0 radical (unpaired) electrons. The van der Waals surface area contributed by atoms with Crippen LogP contribution in [0.1, 0.15) is 89.1 Å². The molecule has 5 aromatic rings. The lowest BCUT2D eigenvalue weighted by molar-refractivity contribution is -0.137. The number of aromatic nitrogens is 1. The Kier molecular flexibility index (Phi) is 14.5. The van der Waals surface area contributed by atoms with Crippen molar-refractivity contribution in [1.82, 2.24) is 25.2 Å². The summed E-state index contributed by atoms with van der Waals surface area (Å²) < 4.78 is 110. The number of piperazine rings is 1. The third-order valence-corrected chi connectivity index (χ3v) is 13.1. The van der Waals surface area contributed by atoms with Crippen molar-refractivity contribution in [3.8, 4) is 28.6 Å². The zero-order chi connectivity index (χ0) is 52.7. The zero-order valence-corrected chi connectivity index (χ0v) is 41.4. The minimum Gasteiger partial charge on any atom is -0.497 e. The van der Waals surface area contributed by atoms with Crippen LogP contribution in [-0.4, -0.2) is 101 Å². The molecule has 3 aliphatic rings. The van der Waals surface area contributed by atoms with Crippen molar-refractivity contribution in [2.45, 2.75) is 103 Å². The summed E-state index contributed by atoms with van der Waals surface area (Å²) >= 11 is 0. The molecule has 15 nitrogen and oxygen atoms in total. The van der Waals surface area contributed by atoms with Crippen molar-refractivity contribution >= 4 is 29.7 Å². The highest BCUT2D eigenvalue weighted by Gasteiger charge is 2.55. The van der Waals surface area contributed by atoms with Crippen LogP contribution in [0.25, 0.3) is 11.3 Å². The van der Waals surface area contributed by atoms with E-state index in [1.165, 1.54) is 24.0 Å². The van der Waals surface area contributed by atoms with Crippen molar-refractivity contribution in [2.75, 3.05) is 32.7 Å². The number of nitrogens with zero attached hydrogens (tertiary/aromatic N) is 5. The topological polar surface area (TPSA) is 152 Å². The Labute approximate surface area is 418 Å². The first kappa shape index (κ1) is 51.7. The van der Waals surface area contributed by atoms with Crippen molar-refractivity contribution in [3.63, 3.8) is 0 Å². The molecule has 386 valence electrons. The molecule has 4 atom stereocenters. The highest BCUT2D eigenvalue weighted by atomic mass is 19.4. The number of anilines is 1. The first-order valence-corrected chi connectivity index (χ1v) is 23.5. The molecule has 4 aromatic carbocycles. The molecule has 0 saturated carbocycles. The highest BCUT2D eigenvalue weighted by Crippen LogP contribution is 2.47. The number of hydrogen-bond acceptors (Lipinski definition) is 11. The smallest absolute Gasteiger partial charge is 0.426 e. The molecule has 2 bridgehead atoms. The van der Waals surface area contributed by atoms with Gasteiger partial charge >= 0.3 is 18.4 Å². The number of rotatable bonds is 11. The summed E-state index contributed by atoms with van der Waals surface area (Å²) in [5.41, 5.74) is -3.74. The number of nitrogens with one attached hydrogen (secondary N) is 1. The monoisotopic (exact) mass is 1010 g/mol. The van der Waals surface area contributed by atoms with Crippen LogP contribution in [0, 0.1) is 18.6 Å². The number of amides is 4. The minimum absolute atomic E-state index is 0.0767. The van der Waals surface area contributed by atoms with Crippen molar-refractivity contribution < 1.29 is 64.8 Å². The van der Waals surface area contributed by atoms with Gasteiger partial charge < -0.3 is 33.5 Å². The predicted octanol–water partition coefficient (Wildman–Crippen LogP) is 9.86. The van der Waals surface area contributed by atoms with Gasteiger partial charge in [-0.15, -0.1) is 0 Å². The van der Waals surface area contributed by atoms with E-state index in [9.17, 15) is 14.4 Å². The summed E-state index contributed by atoms with van der Waals surface area (Å²) in [6, 6.07) is 20.6. The molecule has 1 N–H and O–H groups in total. The predicted molar refractivity (Wildman–Crippen MR) is 257 cm³/mol. The number of hydrazine groups is 1. The third kappa shape index (κ3) is 10.6. The van der Waals surface area contributed by atoms with E-state index in [4.69, 9.17) is 23.7 Å². The molecule has 4 amide bonds. The number of methoxy groups -OCH3 is 2. The number of benzene rings is 4. The summed E-state index contributed by atoms with van der Waals surface area (Å²) in [7, 11) is 3.99. The van der Waals surface area contributed by atoms with Crippen molar-refractivity contribution in [1.29, 1.82) is 0 Å². The molecular formula is C53H55F5N6O9. The average Bonchev–Trinajstić information content (AvgIpc) is 3.61. The lowest BCUT2D eigenvalue weighted by Crippen LogP contribution is -2.65. The number of carbonyl (C=O) groups excluding carboxylic acids is 4. The maximum Gasteiger partial charge on any atom is 0.426 e. The molecule has 0 spiro atoms. The minimum atomic E-state index is -5.35. The second-order valence-corrected chi connectivity index (χ2v) is 19.1. The molecule has 73 heavy (non-hydrogen) atoms. The fourth-order valence-electron chi connectivity index (χ4n) is 9.76. The molecule has 3 aliphatic heterocycles. The molecule has 2 fully saturated rings. The molecule has 8 rings (SSSR count). The second-order valence-electron chi connectivity index (χ2n) is 19.1. The average molecular weight is 1020 g/mol. The number of halogens is 5. The number of ether oxygens (including phenoxy) is 5. The first-order valence-electron chi connectivity index (χ1n) is 23.5. The Morgan fingerprint density at radius 2 is 1.47 bits per heavy atom. The Bertz CT molecular complexity index is 2850. The molecule has 4 heterocycles. The van der Waals surface area contributed by atoms with E-state index < -0.39 is 117 Å². The van der Waals surface area contributed by atoms with Gasteiger partial charge in [0, 0.05) is 32.2 Å². The van der Waals surface area contributed by atoms with Crippen LogP contribution in [0.2, 0.25) is 0 Å². The van der Waals surface area contributed by atoms with Gasteiger partial charge in [-0.3, -0.25) is 19.5 Å². The second kappa shape index (κ2) is 20.5. The Balaban J connectivity index is 1.30. The first-order chi connectivity index (χ1) is 34.6. The summed E-state index contributed by atoms with van der Waals surface area (Å²) in [4.78, 5) is 65.5. The van der Waals surface area contributed by atoms with Crippen LogP contribution < -0.4 is 24.5 Å². The Morgan fingerprint density at radius 3 is 2.03 bits per heavy atom. The highest BCUT2D eigenvalue weighted by molar-refractivity contribution is 6.10. The van der Waals surface area contributed by atoms with Gasteiger partial charge in [0.2, 0.25) is 5.88 Å². The van der Waals surface area contributed by atoms with E-state index in [-0.39, 0.29) is 26.2 Å². The van der Waals surface area contributed by atoms with Crippen molar-refractivity contribution in [2.24, 2.45) is 0 Å². The van der Waals surface area contributed by atoms with Crippen LogP contribution in [0.5, 0.6) is 17.4 Å². The van der Waals surface area contributed by atoms with Gasteiger partial charge in [0.25, 0.3) is 11.8 Å². The van der Waals surface area contributed by atoms with Gasteiger partial charge in [-0.05, 0) is 100 Å². The molecule has 0 aliphatic carbocycles. The van der Waals surface area contributed by atoms with Crippen LogP contribution in [0.4, 0.5) is 37.2 Å². The van der Waals surface area contributed by atoms with E-state index in [2.05, 4.69) is 10.4 Å². The van der Waals surface area contributed by atoms with Crippen LogP contribution in [0.15, 0.2) is 84.9 Å². The number of carbonyl (C=O) groups is 4. The molecule has 20 heteroatoms. The summed E-state index contributed by atoms with van der Waals surface area (Å²) in [6.07, 6.45) is -7.37. The lowest BCUT2D eigenvalue weighted by Gasteiger charge is -2.47. The molecule has 2 saturated heterocycles. The standard InChI is InChI=1S/C53H55F5N6O9/c1-29-42(53(56,57)58)37(24-39(43(29)54)62(25-31-14-19-35(69-7)20-15-31)26-32-16-21-36(70-8)22-17-32)45-44(55)40(48(65)61(6)60-50(67)71-28-33-12-10-9-11-13-33)41-47(59-45)72-30(2)46-38-23-18-34(27-63(46)49(41)66)64(38)51(68)73-52(3,4)5/h9-17,19-22,24,30,34,38,46H,18,23,25-28H2,1-8H3,(H,60,67)/t30-,34+,38-,46+/m0/s1. The van der Waals surface area contributed by atoms with Gasteiger partial charge in [0.15, 0.2) is 5.82 Å². The quantitative estimate of drug-likeness (QED) is 0.0994. The van der Waals surface area contributed by atoms with E-state index in [1.807, 2.05) is 0 Å². The van der Waals surface area contributed by atoms with Crippen LogP contribution in [0.3, 0.4) is 0 Å². The van der Waals surface area contributed by atoms with Crippen LogP contribution >= 0.6 is 0 Å². The van der Waals surface area contributed by atoms with Crippen LogP contribution in [-0.2, 0) is 35.3 Å². The maximum absolute atomic E-state index is 18.1. The molecule has 0 unspecified atom stereocenters. The van der Waals surface area contributed by atoms with Crippen molar-refractivity contribution in [3.05, 3.63) is 136 Å². The Hall–Kier alpha value is -7.64. The summed E-state index contributed by atoms with van der Waals surface area (Å²) in [5.74, 6) is -5.02. The van der Waals surface area contributed by atoms with Gasteiger partial charge in [-0.25, -0.2) is 28.8 Å². The fraction of sp³-hybridized carbons (Fsp3) is 0.377. The van der Waals surface area contributed by atoms with E-state index in [1.54, 1.807) is 111 Å². The van der Waals surface area contributed by atoms with E-state index >= 15 is 26.7 Å². The van der Waals surface area contributed by atoms with E-state index in [0.717, 1.165) is 20.0 Å². The number of pyridine rings is 1. The molecule has 1 aromatic heterocycles. The van der Waals surface area contributed by atoms with Gasteiger partial charge in [-0.2, -0.15) is 13.2 Å². The maximum atomic E-state index is 18.1. The third-order valence-electron chi connectivity index (χ3n) is 13.1. The van der Waals surface area contributed by atoms with Gasteiger partial charge in [-0.1, -0.05) is 54.6 Å². The van der Waals surface area contributed by atoms with E-state index in [0.29, 0.717) is 46.0 Å². The van der Waals surface area contributed by atoms with Gasteiger partial charge in [0.05, 0.1) is 49.2 Å². The summed E-state index contributed by atoms with van der Waals surface area (Å²) in [6.45, 7) is 7.10. The SMILES string of the molecule is COc1ccc(CN(Cc2ccc(OC)cc2)c2cc(-c3nc4c(c(C(=O)N(C)NC(=O)OCc5ccccc5)c3F)C(=O)N3C[C@H]5CC[C@@H]([C@H]3[C@H](C)O4)N5C(=O)OC(C)(C)C)c(C(F)(F)F)c(C)c2F)cc1. The fourth-order valence-corrected chi connectivity index (χ4v) is 9.76. The zero-order valence-electron chi connectivity index (χ0n) is 41.4. The lowest BCUT2D eigenvalue weighted by atomic mass is 9.93. The molecular weight excluding hydrogens is 960 g/mol. The number of hydrogen-bond donors (Lipinski definition) is 1. The summed E-state index contributed by atoms with van der Waals surface area (Å²) in [5, 5.41) is 0.524. The number of alkyl halides is 3. The Morgan fingerprint density at radius 1 is 0.863 bits per heavy atom. The largest absolute Gasteiger partial charge is 0.497 e. The number of fused-ring (bicyclic) bond motifs is 5. The normalized spacial score (nSPS) is 18.2. The van der Waals surface area contributed by atoms with Gasteiger partial charge in [0.1, 0.15) is 46.9 Å².